The fourth-order valence-corrected chi connectivity index (χ4v) is 15.2. The molecule has 0 saturated heterocycles. The molecule has 0 heterocycles. The van der Waals surface area contributed by atoms with Crippen LogP contribution in [0.4, 0.5) is 0 Å². The molecule has 6 nitrogen and oxygen atoms in total. The fraction of sp³-hybridized carbons (Fsp3) is 0.914. The van der Waals surface area contributed by atoms with Gasteiger partial charge >= 0.3 is 17.9 Å². The first kappa shape index (κ1) is 48.9. The summed E-state index contributed by atoms with van der Waals surface area (Å²) in [5, 5.41) is 28.4. The van der Waals surface area contributed by atoms with Crippen molar-refractivity contribution < 1.29 is 29.7 Å². The van der Waals surface area contributed by atoms with Crippen LogP contribution in [-0.4, -0.2) is 78.7 Å². The van der Waals surface area contributed by atoms with Gasteiger partial charge in [0.1, 0.15) is 0 Å². The number of carbonyl (C=O) groups is 3. The summed E-state index contributed by atoms with van der Waals surface area (Å²) in [5.74, 6) is 1.50. The highest BCUT2D eigenvalue weighted by atomic mass is 33.1. The molecule has 13 heteroatoms. The lowest BCUT2D eigenvalue weighted by atomic mass is 10.1. The second kappa shape index (κ2) is 37.6. The third kappa shape index (κ3) is 36.6. The third-order valence-electron chi connectivity index (χ3n) is 8.12. The molecule has 0 bridgehead atoms. The second-order valence-corrected chi connectivity index (χ2v) is 21.6. The van der Waals surface area contributed by atoms with Gasteiger partial charge in [0.05, 0.1) is 0 Å². The summed E-state index contributed by atoms with van der Waals surface area (Å²) in [5.41, 5.74) is 0. The molecule has 0 aromatic carbocycles. The Morgan fingerprint density at radius 2 is 0.708 bits per heavy atom. The smallest absolute Gasteiger partial charge is 0.303 e. The molecule has 0 amide bonds. The van der Waals surface area contributed by atoms with Crippen molar-refractivity contribution in [3.63, 3.8) is 0 Å². The minimum Gasteiger partial charge on any atom is -0.481 e. The second-order valence-electron chi connectivity index (χ2n) is 12.5. The maximum Gasteiger partial charge on any atom is 0.303 e. The van der Waals surface area contributed by atoms with Gasteiger partial charge in [-0.15, -0.1) is 0 Å². The number of carboxylic acid groups (broad SMARTS) is 3. The van der Waals surface area contributed by atoms with Crippen LogP contribution in [0.3, 0.4) is 0 Å². The maximum atomic E-state index is 10.7. The molecule has 0 saturated carbocycles. The first-order chi connectivity index (χ1) is 23.3. The SMILES string of the molecule is CSSCC(CCCCCCCCC(=O)O)SSCC(CCCCCCCCC(=O)O)SSCC(CCCCCCCCC(=O)O)SC. The van der Waals surface area contributed by atoms with E-state index in [9.17, 15) is 14.4 Å². The number of aliphatic carboxylic acids is 3. The van der Waals surface area contributed by atoms with E-state index in [0.29, 0.717) is 35.0 Å². The van der Waals surface area contributed by atoms with E-state index < -0.39 is 17.9 Å². The minimum absolute atomic E-state index is 0.293. The molecule has 0 rings (SSSR count). The lowest BCUT2D eigenvalue weighted by Crippen LogP contribution is -2.09. The van der Waals surface area contributed by atoms with Crippen LogP contribution < -0.4 is 0 Å². The van der Waals surface area contributed by atoms with Gasteiger partial charge in [0, 0.05) is 52.3 Å². The van der Waals surface area contributed by atoms with Crippen LogP contribution in [0.15, 0.2) is 0 Å². The van der Waals surface area contributed by atoms with Crippen molar-refractivity contribution in [1.82, 2.24) is 0 Å². The van der Waals surface area contributed by atoms with Crippen molar-refractivity contribution >= 4 is 94.4 Å². The fourth-order valence-electron chi connectivity index (χ4n) is 5.22. The Kier molecular flexibility index (Phi) is 38.3. The zero-order valence-corrected chi connectivity index (χ0v) is 35.5. The number of thioether (sulfide) groups is 1. The highest BCUT2D eigenvalue weighted by Gasteiger charge is 2.16. The highest BCUT2D eigenvalue weighted by Crippen LogP contribution is 2.40. The van der Waals surface area contributed by atoms with Crippen molar-refractivity contribution in [2.24, 2.45) is 0 Å². The summed E-state index contributed by atoms with van der Waals surface area (Å²) in [4.78, 5) is 32.1. The highest BCUT2D eigenvalue weighted by molar-refractivity contribution is 8.79. The zero-order chi connectivity index (χ0) is 35.5. The molecule has 0 aromatic rings. The minimum atomic E-state index is -0.685. The standard InChI is InChI=1S/C35H66O6S7/c1-42-30(21-15-9-3-6-12-18-24-33(36)37)27-45-48-32(23-17-11-5-8-14-20-26-35(40)41)29-46-47-31(28-44-43-2)22-16-10-4-7-13-19-25-34(38)39/h30-32H,3-29H2,1-2H3,(H,36,37)(H,38,39)(H,40,41). The van der Waals surface area contributed by atoms with Gasteiger partial charge in [0.25, 0.3) is 0 Å². The van der Waals surface area contributed by atoms with Gasteiger partial charge in [-0.1, -0.05) is 161 Å². The molecular weight excluding hydrogens is 741 g/mol. The Balaban J connectivity index is 4.58. The molecule has 0 spiro atoms. The zero-order valence-electron chi connectivity index (χ0n) is 29.7. The summed E-state index contributed by atoms with van der Waals surface area (Å²) in [6, 6.07) is 0. The van der Waals surface area contributed by atoms with Crippen LogP contribution in [0.2, 0.25) is 0 Å². The average molecular weight is 807 g/mol. The first-order valence-corrected chi connectivity index (χ1v) is 27.0. The predicted octanol–water partition coefficient (Wildman–Crippen LogP) is 12.8. The van der Waals surface area contributed by atoms with E-state index in [1.54, 1.807) is 0 Å². The lowest BCUT2D eigenvalue weighted by molar-refractivity contribution is -0.138. The largest absolute Gasteiger partial charge is 0.481 e. The molecule has 3 N–H and O–H groups in total. The van der Waals surface area contributed by atoms with Crippen molar-refractivity contribution in [1.29, 1.82) is 0 Å². The van der Waals surface area contributed by atoms with E-state index >= 15 is 0 Å². The molecule has 3 unspecified atom stereocenters. The molecule has 3 atom stereocenters. The Bertz CT molecular complexity index is 765. The average Bonchev–Trinajstić information content (AvgIpc) is 3.05. The maximum absolute atomic E-state index is 10.7. The Labute approximate surface area is 321 Å². The van der Waals surface area contributed by atoms with Gasteiger partial charge in [0.2, 0.25) is 0 Å². The molecule has 0 aliphatic rings. The van der Waals surface area contributed by atoms with Gasteiger partial charge in [-0.05, 0) is 51.0 Å². The summed E-state index contributed by atoms with van der Waals surface area (Å²) in [6.45, 7) is 0. The van der Waals surface area contributed by atoms with Gasteiger partial charge in [-0.3, -0.25) is 14.4 Å². The molecule has 48 heavy (non-hydrogen) atoms. The summed E-state index contributed by atoms with van der Waals surface area (Å²) >= 11 is 2.00. The van der Waals surface area contributed by atoms with Crippen LogP contribution in [0.5, 0.6) is 0 Å². The molecule has 284 valence electrons. The summed E-state index contributed by atoms with van der Waals surface area (Å²) < 4.78 is 0. The summed E-state index contributed by atoms with van der Waals surface area (Å²) in [7, 11) is 12.2. The number of hydrogen-bond donors (Lipinski definition) is 3. The number of carboxylic acids is 3. The van der Waals surface area contributed by atoms with E-state index in [2.05, 4.69) is 55.7 Å². The number of hydrogen-bond acceptors (Lipinski definition) is 10. The molecule has 0 aliphatic heterocycles. The molecule has 0 aliphatic carbocycles. The molecular formula is C35H66O6S7. The van der Waals surface area contributed by atoms with E-state index in [4.69, 9.17) is 15.3 Å². The third-order valence-corrected chi connectivity index (χ3v) is 17.7. The van der Waals surface area contributed by atoms with E-state index in [1.165, 1.54) is 94.3 Å². The van der Waals surface area contributed by atoms with Crippen LogP contribution in [0.1, 0.15) is 154 Å². The van der Waals surface area contributed by atoms with Crippen molar-refractivity contribution in [2.75, 3.05) is 29.8 Å². The van der Waals surface area contributed by atoms with Gasteiger partial charge < -0.3 is 15.3 Å². The topological polar surface area (TPSA) is 112 Å². The van der Waals surface area contributed by atoms with E-state index in [0.717, 1.165) is 57.8 Å². The number of unbranched alkanes of at least 4 members (excludes halogenated alkanes) is 15. The van der Waals surface area contributed by atoms with Crippen LogP contribution in [0.25, 0.3) is 0 Å². The Morgan fingerprint density at radius 1 is 0.417 bits per heavy atom. The lowest BCUT2D eigenvalue weighted by Gasteiger charge is -2.20. The van der Waals surface area contributed by atoms with Crippen molar-refractivity contribution in [3.05, 3.63) is 0 Å². The van der Waals surface area contributed by atoms with Crippen LogP contribution in [-0.2, 0) is 14.4 Å². The van der Waals surface area contributed by atoms with Gasteiger partial charge in [-0.2, -0.15) is 11.8 Å². The summed E-state index contributed by atoms with van der Waals surface area (Å²) in [6.07, 6.45) is 29.1. The monoisotopic (exact) mass is 806 g/mol. The van der Waals surface area contributed by atoms with Crippen LogP contribution >= 0.6 is 76.5 Å². The molecule has 0 fully saturated rings. The Morgan fingerprint density at radius 3 is 1.04 bits per heavy atom. The normalized spacial score (nSPS) is 13.4. The van der Waals surface area contributed by atoms with Crippen molar-refractivity contribution in [2.45, 2.75) is 170 Å². The quantitative estimate of drug-likeness (QED) is 0.0405. The van der Waals surface area contributed by atoms with E-state index in [1.807, 2.05) is 33.3 Å². The molecule has 0 aromatic heterocycles. The van der Waals surface area contributed by atoms with E-state index in [-0.39, 0.29) is 0 Å². The number of rotatable bonds is 39. The van der Waals surface area contributed by atoms with Crippen LogP contribution in [0, 0.1) is 0 Å². The first-order valence-electron chi connectivity index (χ1n) is 18.2. The van der Waals surface area contributed by atoms with Gasteiger partial charge in [-0.25, -0.2) is 0 Å². The Hall–Kier alpha value is 0.860. The van der Waals surface area contributed by atoms with Gasteiger partial charge in [0.15, 0.2) is 0 Å². The molecule has 0 radical (unpaired) electrons. The predicted molar refractivity (Wildman–Crippen MR) is 225 cm³/mol. The van der Waals surface area contributed by atoms with Crippen molar-refractivity contribution in [3.8, 4) is 0 Å².